The summed E-state index contributed by atoms with van der Waals surface area (Å²) >= 11 is 0. The largest absolute Gasteiger partial charge is 0.358 e. The number of carbonyl (C=O) groups is 1. The molecule has 1 aliphatic rings. The molecule has 3 heteroatoms. The average molecular weight is 242 g/mol. The first kappa shape index (κ1) is 11.3. The first-order valence-electron chi connectivity index (χ1n) is 6.66. The number of para-hydroxylation sites is 1. The Balaban J connectivity index is 1.93. The van der Waals surface area contributed by atoms with Crippen molar-refractivity contribution in [3.05, 3.63) is 35.5 Å². The number of nitrogens with one attached hydrogen (secondary N) is 1. The number of hydrogen-bond acceptors (Lipinski definition) is 1. The number of benzene rings is 1. The van der Waals surface area contributed by atoms with E-state index in [9.17, 15) is 4.79 Å². The summed E-state index contributed by atoms with van der Waals surface area (Å²) in [7, 11) is 0. The van der Waals surface area contributed by atoms with Crippen LogP contribution in [0.4, 0.5) is 0 Å². The maximum Gasteiger partial charge on any atom is 0.222 e. The Labute approximate surface area is 107 Å². The molecule has 0 saturated heterocycles. The van der Waals surface area contributed by atoms with Crippen LogP contribution >= 0.6 is 0 Å². The van der Waals surface area contributed by atoms with E-state index in [2.05, 4.69) is 29.2 Å². The topological polar surface area (TPSA) is 36.1 Å². The third-order valence-electron chi connectivity index (χ3n) is 3.82. The molecule has 0 bridgehead atoms. The molecule has 3 rings (SSSR count). The number of aromatic amines is 1. The first-order valence-corrected chi connectivity index (χ1v) is 6.66. The molecule has 2 heterocycles. The molecule has 0 radical (unpaired) electrons. The van der Waals surface area contributed by atoms with Crippen LogP contribution in [-0.2, 0) is 17.6 Å². The highest BCUT2D eigenvalue weighted by molar-refractivity contribution is 5.85. The molecule has 18 heavy (non-hydrogen) atoms. The van der Waals surface area contributed by atoms with Crippen molar-refractivity contribution in [2.45, 2.75) is 26.2 Å². The van der Waals surface area contributed by atoms with Gasteiger partial charge in [-0.1, -0.05) is 25.1 Å². The molecular formula is C15H18N2O. The second kappa shape index (κ2) is 4.48. The maximum atomic E-state index is 11.8. The van der Waals surface area contributed by atoms with Crippen LogP contribution in [0.2, 0.25) is 0 Å². The summed E-state index contributed by atoms with van der Waals surface area (Å²) in [6, 6.07) is 8.43. The summed E-state index contributed by atoms with van der Waals surface area (Å²) in [5, 5.41) is 1.32. The Morgan fingerprint density at radius 3 is 2.89 bits per heavy atom. The SMILES string of the molecule is CCC(=O)N1CCc2[nH]c3ccccc3c2CC1. The fourth-order valence-electron chi connectivity index (χ4n) is 2.83. The fourth-order valence-corrected chi connectivity index (χ4v) is 2.83. The van der Waals surface area contributed by atoms with Crippen LogP contribution in [0.3, 0.4) is 0 Å². The summed E-state index contributed by atoms with van der Waals surface area (Å²) < 4.78 is 0. The van der Waals surface area contributed by atoms with Crippen molar-refractivity contribution >= 4 is 16.8 Å². The van der Waals surface area contributed by atoms with Crippen LogP contribution in [-0.4, -0.2) is 28.9 Å². The molecule has 0 saturated carbocycles. The van der Waals surface area contributed by atoms with Gasteiger partial charge in [-0.15, -0.1) is 0 Å². The van der Waals surface area contributed by atoms with E-state index in [1.54, 1.807) is 0 Å². The highest BCUT2D eigenvalue weighted by atomic mass is 16.2. The zero-order valence-corrected chi connectivity index (χ0v) is 10.7. The number of rotatable bonds is 1. The lowest BCUT2D eigenvalue weighted by Crippen LogP contribution is -2.32. The van der Waals surface area contributed by atoms with Crippen LogP contribution in [0.1, 0.15) is 24.6 Å². The zero-order chi connectivity index (χ0) is 12.5. The molecule has 94 valence electrons. The van der Waals surface area contributed by atoms with E-state index in [0.717, 1.165) is 25.9 Å². The predicted molar refractivity (Wildman–Crippen MR) is 72.6 cm³/mol. The normalized spacial score (nSPS) is 15.5. The first-order chi connectivity index (χ1) is 8.79. The molecule has 1 aromatic carbocycles. The number of amides is 1. The lowest BCUT2D eigenvalue weighted by atomic mass is 10.1. The van der Waals surface area contributed by atoms with Gasteiger partial charge in [-0.3, -0.25) is 4.79 Å². The molecule has 1 aromatic heterocycles. The van der Waals surface area contributed by atoms with Gasteiger partial charge in [-0.2, -0.15) is 0 Å². The Morgan fingerprint density at radius 1 is 1.28 bits per heavy atom. The second-order valence-corrected chi connectivity index (χ2v) is 4.86. The molecule has 1 aliphatic heterocycles. The van der Waals surface area contributed by atoms with Crippen molar-refractivity contribution in [1.82, 2.24) is 9.88 Å². The summed E-state index contributed by atoms with van der Waals surface area (Å²) in [6.45, 7) is 3.62. The van der Waals surface area contributed by atoms with Gasteiger partial charge in [0.05, 0.1) is 0 Å². The van der Waals surface area contributed by atoms with E-state index in [1.807, 2.05) is 11.8 Å². The quantitative estimate of drug-likeness (QED) is 0.819. The van der Waals surface area contributed by atoms with Gasteiger partial charge in [0, 0.05) is 42.5 Å². The Bertz CT molecular complexity index is 585. The van der Waals surface area contributed by atoms with Gasteiger partial charge in [0.15, 0.2) is 0 Å². The van der Waals surface area contributed by atoms with Gasteiger partial charge < -0.3 is 9.88 Å². The third kappa shape index (κ3) is 1.80. The zero-order valence-electron chi connectivity index (χ0n) is 10.7. The molecule has 1 N–H and O–H groups in total. The Kier molecular flexibility index (Phi) is 2.82. The van der Waals surface area contributed by atoms with E-state index < -0.39 is 0 Å². The van der Waals surface area contributed by atoms with Crippen molar-refractivity contribution in [3.8, 4) is 0 Å². The minimum Gasteiger partial charge on any atom is -0.358 e. The number of nitrogens with zero attached hydrogens (tertiary/aromatic N) is 1. The van der Waals surface area contributed by atoms with Crippen LogP contribution in [0.5, 0.6) is 0 Å². The standard InChI is InChI=1S/C15H18N2O/c1-2-15(18)17-9-7-12-11-5-3-4-6-13(11)16-14(12)8-10-17/h3-6,16H,2,7-10H2,1H3. The van der Waals surface area contributed by atoms with Crippen molar-refractivity contribution in [3.63, 3.8) is 0 Å². The highest BCUT2D eigenvalue weighted by Crippen LogP contribution is 2.25. The molecule has 3 nitrogen and oxygen atoms in total. The van der Waals surface area contributed by atoms with Crippen LogP contribution in [0.15, 0.2) is 24.3 Å². The molecule has 0 atom stereocenters. The van der Waals surface area contributed by atoms with Gasteiger partial charge in [-0.25, -0.2) is 0 Å². The molecule has 2 aromatic rings. The Morgan fingerprint density at radius 2 is 2.06 bits per heavy atom. The van der Waals surface area contributed by atoms with Crippen molar-refractivity contribution in [2.24, 2.45) is 0 Å². The summed E-state index contributed by atoms with van der Waals surface area (Å²) in [5.41, 5.74) is 3.93. The van der Waals surface area contributed by atoms with E-state index in [-0.39, 0.29) is 5.91 Å². The average Bonchev–Trinajstić information content (AvgIpc) is 2.63. The van der Waals surface area contributed by atoms with Crippen LogP contribution in [0.25, 0.3) is 10.9 Å². The molecule has 0 fully saturated rings. The number of hydrogen-bond donors (Lipinski definition) is 1. The molecule has 0 aliphatic carbocycles. The van der Waals surface area contributed by atoms with Gasteiger partial charge in [-0.05, 0) is 18.1 Å². The van der Waals surface area contributed by atoms with Gasteiger partial charge in [0.1, 0.15) is 0 Å². The Hall–Kier alpha value is -1.77. The van der Waals surface area contributed by atoms with Crippen LogP contribution < -0.4 is 0 Å². The minimum atomic E-state index is 0.268. The van der Waals surface area contributed by atoms with Crippen LogP contribution in [0, 0.1) is 0 Å². The van der Waals surface area contributed by atoms with Crippen molar-refractivity contribution < 1.29 is 4.79 Å². The van der Waals surface area contributed by atoms with Crippen molar-refractivity contribution in [1.29, 1.82) is 0 Å². The molecule has 1 amide bonds. The molecule has 0 spiro atoms. The highest BCUT2D eigenvalue weighted by Gasteiger charge is 2.19. The second-order valence-electron chi connectivity index (χ2n) is 4.86. The lowest BCUT2D eigenvalue weighted by Gasteiger charge is -2.19. The minimum absolute atomic E-state index is 0.268. The van der Waals surface area contributed by atoms with E-state index in [1.165, 1.54) is 22.2 Å². The molecular weight excluding hydrogens is 224 g/mol. The predicted octanol–water partition coefficient (Wildman–Crippen LogP) is 2.51. The monoisotopic (exact) mass is 242 g/mol. The number of fused-ring (bicyclic) bond motifs is 3. The lowest BCUT2D eigenvalue weighted by molar-refractivity contribution is -0.130. The van der Waals surface area contributed by atoms with E-state index >= 15 is 0 Å². The van der Waals surface area contributed by atoms with E-state index in [4.69, 9.17) is 0 Å². The van der Waals surface area contributed by atoms with Gasteiger partial charge in [0.25, 0.3) is 0 Å². The third-order valence-corrected chi connectivity index (χ3v) is 3.82. The van der Waals surface area contributed by atoms with E-state index in [0.29, 0.717) is 6.42 Å². The smallest absolute Gasteiger partial charge is 0.222 e. The number of aromatic nitrogens is 1. The fraction of sp³-hybridized carbons (Fsp3) is 0.400. The summed E-state index contributed by atoms with van der Waals surface area (Å²) in [4.78, 5) is 17.3. The number of H-pyrrole nitrogens is 1. The number of carbonyl (C=O) groups excluding carboxylic acids is 1. The maximum absolute atomic E-state index is 11.8. The summed E-state index contributed by atoms with van der Waals surface area (Å²) in [6.07, 6.45) is 2.51. The van der Waals surface area contributed by atoms with Crippen molar-refractivity contribution in [2.75, 3.05) is 13.1 Å². The van der Waals surface area contributed by atoms with Gasteiger partial charge >= 0.3 is 0 Å². The van der Waals surface area contributed by atoms with Gasteiger partial charge in [0.2, 0.25) is 5.91 Å². The molecule has 0 unspecified atom stereocenters. The summed E-state index contributed by atoms with van der Waals surface area (Å²) in [5.74, 6) is 0.268.